The summed E-state index contributed by atoms with van der Waals surface area (Å²) in [6.07, 6.45) is -4.57. The third-order valence-corrected chi connectivity index (χ3v) is 2.20. The van der Waals surface area contributed by atoms with Gasteiger partial charge >= 0.3 is 12.2 Å². The molecule has 4 nitrogen and oxygen atoms in total. The Kier molecular flexibility index (Phi) is 4.63. The van der Waals surface area contributed by atoms with Crippen LogP contribution in [0.5, 0.6) is 5.75 Å². The van der Waals surface area contributed by atoms with Crippen molar-refractivity contribution in [2.45, 2.75) is 26.1 Å². The van der Waals surface area contributed by atoms with E-state index in [1.54, 1.807) is 13.8 Å². The maximum Gasteiger partial charge on any atom is 0.418 e. The van der Waals surface area contributed by atoms with Gasteiger partial charge in [0.05, 0.1) is 18.4 Å². The molecule has 0 bridgehead atoms. The molecule has 0 saturated heterocycles. The van der Waals surface area contributed by atoms with E-state index in [2.05, 4.69) is 10.6 Å². The maximum absolute atomic E-state index is 12.9. The van der Waals surface area contributed by atoms with Crippen molar-refractivity contribution in [1.29, 1.82) is 0 Å². The van der Waals surface area contributed by atoms with Gasteiger partial charge in [-0.3, -0.25) is 0 Å². The zero-order valence-corrected chi connectivity index (χ0v) is 10.8. The fourth-order valence-corrected chi connectivity index (χ4v) is 1.41. The van der Waals surface area contributed by atoms with Crippen molar-refractivity contribution >= 4 is 11.7 Å². The number of carbonyl (C=O) groups excluding carboxylic acids is 1. The molecule has 0 aliphatic carbocycles. The van der Waals surface area contributed by atoms with E-state index in [0.717, 1.165) is 12.1 Å². The molecule has 0 saturated carbocycles. The van der Waals surface area contributed by atoms with Gasteiger partial charge in [-0.05, 0) is 32.0 Å². The number of hydrogen-bond donors (Lipinski definition) is 2. The predicted molar refractivity (Wildman–Crippen MR) is 65.3 cm³/mol. The smallest absolute Gasteiger partial charge is 0.418 e. The molecule has 0 heterocycles. The first kappa shape index (κ1) is 15.1. The monoisotopic (exact) mass is 276 g/mol. The van der Waals surface area contributed by atoms with Crippen LogP contribution in [-0.2, 0) is 6.18 Å². The summed E-state index contributed by atoms with van der Waals surface area (Å²) in [7, 11) is 1.27. The minimum Gasteiger partial charge on any atom is -0.497 e. The number of methoxy groups -OCH3 is 1. The zero-order valence-electron chi connectivity index (χ0n) is 10.8. The molecule has 0 aliphatic rings. The summed E-state index contributed by atoms with van der Waals surface area (Å²) >= 11 is 0. The molecular formula is C12H15F3N2O2. The Morgan fingerprint density at radius 2 is 1.95 bits per heavy atom. The van der Waals surface area contributed by atoms with Gasteiger partial charge in [-0.1, -0.05) is 0 Å². The molecule has 106 valence electrons. The highest BCUT2D eigenvalue weighted by Crippen LogP contribution is 2.37. The van der Waals surface area contributed by atoms with Crippen LogP contribution in [0.25, 0.3) is 0 Å². The Hall–Kier alpha value is -1.92. The number of alkyl halides is 3. The molecular weight excluding hydrogens is 261 g/mol. The van der Waals surface area contributed by atoms with Gasteiger partial charge in [-0.15, -0.1) is 0 Å². The first-order valence-corrected chi connectivity index (χ1v) is 5.56. The van der Waals surface area contributed by atoms with Crippen molar-refractivity contribution in [3.05, 3.63) is 23.8 Å². The van der Waals surface area contributed by atoms with Crippen LogP contribution in [-0.4, -0.2) is 19.2 Å². The highest BCUT2D eigenvalue weighted by Gasteiger charge is 2.34. The first-order valence-electron chi connectivity index (χ1n) is 5.56. The summed E-state index contributed by atoms with van der Waals surface area (Å²) in [6, 6.07) is 2.48. The fourth-order valence-electron chi connectivity index (χ4n) is 1.41. The van der Waals surface area contributed by atoms with E-state index in [4.69, 9.17) is 4.74 Å². The highest BCUT2D eigenvalue weighted by atomic mass is 19.4. The maximum atomic E-state index is 12.9. The number of halogens is 3. The van der Waals surface area contributed by atoms with Crippen molar-refractivity contribution in [1.82, 2.24) is 5.32 Å². The first-order chi connectivity index (χ1) is 8.74. The van der Waals surface area contributed by atoms with Crippen LogP contribution in [0, 0.1) is 0 Å². The summed E-state index contributed by atoms with van der Waals surface area (Å²) in [5.41, 5.74) is -1.27. The molecule has 0 unspecified atom stereocenters. The molecule has 2 N–H and O–H groups in total. The summed E-state index contributed by atoms with van der Waals surface area (Å²) in [5, 5.41) is 4.62. The number of amides is 2. The lowest BCUT2D eigenvalue weighted by Crippen LogP contribution is -2.34. The molecule has 2 amide bonds. The van der Waals surface area contributed by atoms with Crippen LogP contribution >= 0.6 is 0 Å². The van der Waals surface area contributed by atoms with Crippen molar-refractivity contribution in [3.8, 4) is 5.75 Å². The Bertz CT molecular complexity index is 459. The van der Waals surface area contributed by atoms with E-state index in [9.17, 15) is 18.0 Å². The third-order valence-electron chi connectivity index (χ3n) is 2.20. The summed E-state index contributed by atoms with van der Waals surface area (Å²) < 4.78 is 43.3. The topological polar surface area (TPSA) is 50.4 Å². The lowest BCUT2D eigenvalue weighted by molar-refractivity contribution is -0.137. The van der Waals surface area contributed by atoms with Gasteiger partial charge < -0.3 is 15.4 Å². The molecule has 0 spiro atoms. The number of rotatable bonds is 3. The van der Waals surface area contributed by atoms with E-state index in [1.807, 2.05) is 0 Å². The fraction of sp³-hybridized carbons (Fsp3) is 0.417. The molecule has 0 radical (unpaired) electrons. The largest absolute Gasteiger partial charge is 0.497 e. The average Bonchev–Trinajstić information content (AvgIpc) is 2.26. The van der Waals surface area contributed by atoms with E-state index < -0.39 is 17.8 Å². The van der Waals surface area contributed by atoms with Crippen molar-refractivity contribution in [2.75, 3.05) is 12.4 Å². The Balaban J connectivity index is 3.03. The minimum absolute atomic E-state index is 0.0714. The number of anilines is 1. The predicted octanol–water partition coefficient (Wildman–Crippen LogP) is 3.24. The van der Waals surface area contributed by atoms with Gasteiger partial charge in [0.15, 0.2) is 0 Å². The van der Waals surface area contributed by atoms with Crippen molar-refractivity contribution < 1.29 is 22.7 Å². The minimum atomic E-state index is -4.57. The molecule has 0 atom stereocenters. The lowest BCUT2D eigenvalue weighted by atomic mass is 10.1. The van der Waals surface area contributed by atoms with Crippen molar-refractivity contribution in [3.63, 3.8) is 0 Å². The number of carbonyl (C=O) groups is 1. The second-order valence-electron chi connectivity index (χ2n) is 4.16. The molecule has 19 heavy (non-hydrogen) atoms. The number of hydrogen-bond acceptors (Lipinski definition) is 2. The van der Waals surface area contributed by atoms with E-state index >= 15 is 0 Å². The standard InChI is InChI=1S/C12H15F3N2O2/c1-7(2)16-11(18)17-10-5-4-8(19-3)6-9(10)12(13,14)15/h4-7H,1-3H3,(H2,16,17,18). The summed E-state index contributed by atoms with van der Waals surface area (Å²) in [6.45, 7) is 3.41. The van der Waals surface area contributed by atoms with E-state index in [0.29, 0.717) is 0 Å². The van der Waals surface area contributed by atoms with Gasteiger partial charge in [0.1, 0.15) is 5.75 Å². The summed E-state index contributed by atoms with van der Waals surface area (Å²) in [5.74, 6) is 0.0714. The summed E-state index contributed by atoms with van der Waals surface area (Å²) in [4.78, 5) is 11.4. The second kappa shape index (κ2) is 5.81. The molecule has 0 fully saturated rings. The van der Waals surface area contributed by atoms with Gasteiger partial charge in [-0.25, -0.2) is 4.79 Å². The van der Waals surface area contributed by atoms with Crippen molar-refractivity contribution in [2.24, 2.45) is 0 Å². The van der Waals surface area contributed by atoms with Gasteiger partial charge in [0.25, 0.3) is 0 Å². The highest BCUT2D eigenvalue weighted by molar-refractivity contribution is 5.90. The number of ether oxygens (including phenoxy) is 1. The molecule has 0 aliphatic heterocycles. The molecule has 1 aromatic rings. The van der Waals surface area contributed by atoms with Crippen LogP contribution in [0.2, 0.25) is 0 Å². The Morgan fingerprint density at radius 1 is 1.32 bits per heavy atom. The normalized spacial score (nSPS) is 11.3. The quantitative estimate of drug-likeness (QED) is 0.890. The molecule has 1 rings (SSSR count). The van der Waals surface area contributed by atoms with Gasteiger partial charge in [0, 0.05) is 6.04 Å². The van der Waals surface area contributed by atoms with Crippen LogP contribution in [0.4, 0.5) is 23.7 Å². The van der Waals surface area contributed by atoms with Crippen LogP contribution in [0.15, 0.2) is 18.2 Å². The van der Waals surface area contributed by atoms with Crippen LogP contribution in [0.3, 0.4) is 0 Å². The number of urea groups is 1. The molecule has 7 heteroatoms. The lowest BCUT2D eigenvalue weighted by Gasteiger charge is -2.16. The van der Waals surface area contributed by atoms with Gasteiger partial charge in [-0.2, -0.15) is 13.2 Å². The van der Waals surface area contributed by atoms with Crippen LogP contribution < -0.4 is 15.4 Å². The average molecular weight is 276 g/mol. The third kappa shape index (κ3) is 4.35. The second-order valence-corrected chi connectivity index (χ2v) is 4.16. The van der Waals surface area contributed by atoms with Gasteiger partial charge in [0.2, 0.25) is 0 Å². The Morgan fingerprint density at radius 3 is 2.42 bits per heavy atom. The van der Waals surface area contributed by atoms with E-state index in [1.165, 1.54) is 13.2 Å². The molecule has 0 aromatic heterocycles. The number of benzene rings is 1. The zero-order chi connectivity index (χ0) is 14.6. The molecule has 1 aromatic carbocycles. The van der Waals surface area contributed by atoms with Crippen LogP contribution in [0.1, 0.15) is 19.4 Å². The Labute approximate surface area is 108 Å². The van der Waals surface area contributed by atoms with E-state index in [-0.39, 0.29) is 17.5 Å². The SMILES string of the molecule is COc1ccc(NC(=O)NC(C)C)c(C(F)(F)F)c1. The number of nitrogens with one attached hydrogen (secondary N) is 2.